The van der Waals surface area contributed by atoms with Gasteiger partial charge in [-0.1, -0.05) is 41.6 Å². The number of allylic oxidation sites excluding steroid dienone is 1. The summed E-state index contributed by atoms with van der Waals surface area (Å²) < 4.78 is 10.3. The Balaban J connectivity index is 1.65. The van der Waals surface area contributed by atoms with E-state index in [9.17, 15) is 9.59 Å². The number of benzene rings is 2. The smallest absolute Gasteiger partial charge is 0.338 e. The van der Waals surface area contributed by atoms with Crippen molar-refractivity contribution in [3.8, 4) is 5.75 Å². The summed E-state index contributed by atoms with van der Waals surface area (Å²) in [6.07, 6.45) is 0.0911. The van der Waals surface area contributed by atoms with Gasteiger partial charge in [-0.2, -0.15) is 0 Å². The van der Waals surface area contributed by atoms with E-state index in [-0.39, 0.29) is 12.3 Å². The first-order valence-corrected chi connectivity index (χ1v) is 11.4. The van der Waals surface area contributed by atoms with Crippen LogP contribution in [0.4, 0.5) is 5.69 Å². The lowest BCUT2D eigenvalue weighted by Gasteiger charge is -2.36. The Hall–Kier alpha value is -3.23. The van der Waals surface area contributed by atoms with Crippen molar-refractivity contribution in [1.82, 2.24) is 4.90 Å². The normalized spacial score (nSPS) is 17.2. The van der Waals surface area contributed by atoms with E-state index >= 15 is 0 Å². The molecule has 2 aromatic carbocycles. The zero-order valence-corrected chi connectivity index (χ0v) is 19.9. The van der Waals surface area contributed by atoms with E-state index in [1.54, 1.807) is 44.4 Å². The van der Waals surface area contributed by atoms with Crippen LogP contribution >= 0.6 is 23.4 Å². The standard InChI is InChI=1S/C24H22ClN3O4S/c1-14-21(23(30)32-3)22(15-6-4-7-16(25)10-15)28-18(13-33-24(28)26-14)12-20(29)27-17-8-5-9-19(11-17)31-2/h4-11,13,22H,12H2,1-3H3,(H,27,29)/t22-/m0/s1. The Morgan fingerprint density at radius 3 is 2.70 bits per heavy atom. The second-order valence-electron chi connectivity index (χ2n) is 7.40. The number of fused-ring (bicyclic) bond motifs is 1. The van der Waals surface area contributed by atoms with Crippen LogP contribution < -0.4 is 10.1 Å². The van der Waals surface area contributed by atoms with Crippen molar-refractivity contribution in [2.75, 3.05) is 19.5 Å². The summed E-state index contributed by atoms with van der Waals surface area (Å²) in [5.41, 5.74) is 3.14. The first-order chi connectivity index (χ1) is 15.9. The van der Waals surface area contributed by atoms with Crippen molar-refractivity contribution < 1.29 is 19.1 Å². The number of amidine groups is 1. The first-order valence-electron chi connectivity index (χ1n) is 10.1. The number of carbonyl (C=O) groups excluding carboxylic acids is 2. The van der Waals surface area contributed by atoms with Crippen LogP contribution in [0.5, 0.6) is 5.75 Å². The zero-order valence-electron chi connectivity index (χ0n) is 18.3. The monoisotopic (exact) mass is 483 g/mol. The summed E-state index contributed by atoms with van der Waals surface area (Å²) in [5, 5.41) is 6.02. The minimum absolute atomic E-state index is 0.0911. The van der Waals surface area contributed by atoms with Crippen LogP contribution in [-0.2, 0) is 14.3 Å². The number of aliphatic imine (C=N–C) groups is 1. The van der Waals surface area contributed by atoms with Crippen molar-refractivity contribution in [2.24, 2.45) is 4.99 Å². The molecule has 0 aliphatic carbocycles. The predicted molar refractivity (Wildman–Crippen MR) is 130 cm³/mol. The molecule has 7 nitrogen and oxygen atoms in total. The topological polar surface area (TPSA) is 80.2 Å². The van der Waals surface area contributed by atoms with E-state index in [1.807, 2.05) is 28.5 Å². The Labute approximate surface area is 201 Å². The van der Waals surface area contributed by atoms with Gasteiger partial charge in [0, 0.05) is 22.5 Å². The fourth-order valence-corrected chi connectivity index (χ4v) is 4.97. The Morgan fingerprint density at radius 1 is 1.18 bits per heavy atom. The quantitative estimate of drug-likeness (QED) is 0.574. The highest BCUT2D eigenvalue weighted by Gasteiger charge is 2.41. The first kappa shape index (κ1) is 22.9. The summed E-state index contributed by atoms with van der Waals surface area (Å²) in [5.74, 6) is -0.0253. The van der Waals surface area contributed by atoms with E-state index < -0.39 is 12.0 Å². The summed E-state index contributed by atoms with van der Waals surface area (Å²) in [6, 6.07) is 13.9. The molecule has 2 heterocycles. The molecule has 0 fully saturated rings. The molecule has 33 heavy (non-hydrogen) atoms. The number of anilines is 1. The maximum Gasteiger partial charge on any atom is 0.338 e. The second kappa shape index (κ2) is 9.72. The lowest BCUT2D eigenvalue weighted by molar-refractivity contribution is -0.136. The molecule has 0 radical (unpaired) electrons. The van der Waals surface area contributed by atoms with Gasteiger partial charge in [0.05, 0.1) is 38.0 Å². The molecule has 0 aromatic heterocycles. The Bertz CT molecular complexity index is 1210. The van der Waals surface area contributed by atoms with Crippen LogP contribution in [0.3, 0.4) is 0 Å². The highest BCUT2D eigenvalue weighted by atomic mass is 35.5. The summed E-state index contributed by atoms with van der Waals surface area (Å²) in [4.78, 5) is 32.1. The molecule has 2 aromatic rings. The molecule has 1 atom stereocenters. The van der Waals surface area contributed by atoms with Crippen molar-refractivity contribution in [1.29, 1.82) is 0 Å². The van der Waals surface area contributed by atoms with Crippen molar-refractivity contribution in [3.05, 3.63) is 81.5 Å². The number of methoxy groups -OCH3 is 2. The SMILES string of the molecule is COC(=O)C1=C(C)N=C2SC=C(CC(=O)Nc3cccc(OC)c3)N2[C@H]1c1cccc(Cl)c1. The maximum absolute atomic E-state index is 12.9. The van der Waals surface area contributed by atoms with Gasteiger partial charge in [-0.05, 0) is 42.2 Å². The van der Waals surface area contributed by atoms with E-state index in [2.05, 4.69) is 10.3 Å². The third-order valence-corrected chi connectivity index (χ3v) is 6.39. The number of nitrogens with zero attached hydrogens (tertiary/aromatic N) is 2. The number of hydrogen-bond acceptors (Lipinski definition) is 7. The van der Waals surface area contributed by atoms with Crippen LogP contribution in [0.2, 0.25) is 5.02 Å². The molecule has 2 aliphatic heterocycles. The van der Waals surface area contributed by atoms with E-state index in [0.717, 1.165) is 11.3 Å². The minimum Gasteiger partial charge on any atom is -0.497 e. The molecule has 1 N–H and O–H groups in total. The van der Waals surface area contributed by atoms with E-state index in [4.69, 9.17) is 21.1 Å². The fourth-order valence-electron chi connectivity index (χ4n) is 3.80. The summed E-state index contributed by atoms with van der Waals surface area (Å²) in [7, 11) is 2.91. The van der Waals surface area contributed by atoms with Gasteiger partial charge in [-0.25, -0.2) is 9.79 Å². The van der Waals surface area contributed by atoms with Gasteiger partial charge >= 0.3 is 5.97 Å². The number of halogens is 1. The number of amides is 1. The third-order valence-electron chi connectivity index (χ3n) is 5.27. The molecule has 9 heteroatoms. The molecular weight excluding hydrogens is 462 g/mol. The lowest BCUT2D eigenvalue weighted by Crippen LogP contribution is -2.37. The molecule has 4 rings (SSSR count). The highest BCUT2D eigenvalue weighted by molar-refractivity contribution is 8.16. The van der Waals surface area contributed by atoms with Gasteiger partial charge in [0.25, 0.3) is 0 Å². The number of rotatable bonds is 6. The second-order valence-corrected chi connectivity index (χ2v) is 8.67. The molecule has 0 unspecified atom stereocenters. The van der Waals surface area contributed by atoms with E-state index in [1.165, 1.54) is 18.9 Å². The average Bonchev–Trinajstić information content (AvgIpc) is 3.19. The van der Waals surface area contributed by atoms with Gasteiger partial charge in [-0.3, -0.25) is 4.79 Å². The number of carbonyl (C=O) groups is 2. The molecule has 0 saturated carbocycles. The Morgan fingerprint density at radius 2 is 1.97 bits per heavy atom. The third kappa shape index (κ3) is 4.77. The molecule has 0 saturated heterocycles. The Kier molecular flexibility index (Phi) is 6.76. The number of hydrogen-bond donors (Lipinski definition) is 1. The predicted octanol–water partition coefficient (Wildman–Crippen LogP) is 5.13. The number of nitrogens with one attached hydrogen (secondary N) is 1. The molecular formula is C24H22ClN3O4S. The highest BCUT2D eigenvalue weighted by Crippen LogP contribution is 2.45. The average molecular weight is 484 g/mol. The maximum atomic E-state index is 12.9. The van der Waals surface area contributed by atoms with E-state index in [0.29, 0.717) is 32.9 Å². The minimum atomic E-state index is -0.519. The molecule has 2 aliphatic rings. The van der Waals surface area contributed by atoms with Crippen LogP contribution in [0.25, 0.3) is 0 Å². The van der Waals surface area contributed by atoms with Crippen LogP contribution in [-0.4, -0.2) is 36.2 Å². The summed E-state index contributed by atoms with van der Waals surface area (Å²) >= 11 is 7.68. The van der Waals surface area contributed by atoms with Crippen LogP contribution in [0.1, 0.15) is 24.9 Å². The van der Waals surface area contributed by atoms with Gasteiger partial charge in [0.1, 0.15) is 5.75 Å². The number of thioether (sulfide) groups is 1. The largest absolute Gasteiger partial charge is 0.497 e. The number of esters is 1. The van der Waals surface area contributed by atoms with Gasteiger partial charge in [0.15, 0.2) is 5.17 Å². The molecule has 0 bridgehead atoms. The zero-order chi connectivity index (χ0) is 23.5. The number of ether oxygens (including phenoxy) is 2. The van der Waals surface area contributed by atoms with Crippen molar-refractivity contribution >= 4 is 46.1 Å². The van der Waals surface area contributed by atoms with Gasteiger partial charge in [-0.15, -0.1) is 0 Å². The van der Waals surface area contributed by atoms with Gasteiger partial charge < -0.3 is 19.7 Å². The fraction of sp³-hybridized carbons (Fsp3) is 0.208. The van der Waals surface area contributed by atoms with Crippen molar-refractivity contribution in [3.63, 3.8) is 0 Å². The molecule has 0 spiro atoms. The van der Waals surface area contributed by atoms with Crippen LogP contribution in [0.15, 0.2) is 75.9 Å². The van der Waals surface area contributed by atoms with Crippen LogP contribution in [0, 0.1) is 0 Å². The van der Waals surface area contributed by atoms with Gasteiger partial charge in [0.2, 0.25) is 5.91 Å². The molecule has 1 amide bonds. The summed E-state index contributed by atoms with van der Waals surface area (Å²) in [6.45, 7) is 1.78. The molecule has 170 valence electrons. The lowest BCUT2D eigenvalue weighted by atomic mass is 9.94. The van der Waals surface area contributed by atoms with Crippen molar-refractivity contribution in [2.45, 2.75) is 19.4 Å².